The molecule has 1 saturated heterocycles. The number of nitrogens with zero attached hydrogens (tertiary/aromatic N) is 1. The lowest BCUT2D eigenvalue weighted by molar-refractivity contribution is -0.157. The monoisotopic (exact) mass is 318 g/mol. The van der Waals surface area contributed by atoms with Gasteiger partial charge in [0, 0.05) is 18.5 Å². The number of halogens is 4. The summed E-state index contributed by atoms with van der Waals surface area (Å²) in [7, 11) is 0. The van der Waals surface area contributed by atoms with Gasteiger partial charge >= 0.3 is 6.18 Å². The van der Waals surface area contributed by atoms with E-state index in [9.17, 15) is 27.2 Å². The maximum absolute atomic E-state index is 13.2. The maximum atomic E-state index is 13.2. The molecule has 2 amide bonds. The highest BCUT2D eigenvalue weighted by atomic mass is 19.4. The van der Waals surface area contributed by atoms with Crippen LogP contribution in [0.5, 0.6) is 0 Å². The van der Waals surface area contributed by atoms with Crippen molar-refractivity contribution in [1.82, 2.24) is 10.2 Å². The molecule has 0 aliphatic carbocycles. The fourth-order valence-electron chi connectivity index (χ4n) is 2.34. The third-order valence-electron chi connectivity index (χ3n) is 3.36. The lowest BCUT2D eigenvalue weighted by atomic mass is 10.1. The average Bonchev–Trinajstić information content (AvgIpc) is 2.70. The zero-order valence-electron chi connectivity index (χ0n) is 11.7. The fraction of sp³-hybridized carbons (Fsp3) is 0.429. The molecule has 0 saturated carbocycles. The van der Waals surface area contributed by atoms with Crippen molar-refractivity contribution in [1.29, 1.82) is 0 Å². The van der Waals surface area contributed by atoms with E-state index >= 15 is 0 Å². The van der Waals surface area contributed by atoms with Gasteiger partial charge < -0.3 is 10.2 Å². The molecule has 2 rings (SSSR count). The molecule has 1 aromatic rings. The molecule has 0 aromatic heterocycles. The minimum Gasteiger partial charge on any atom is -0.347 e. The average molecular weight is 318 g/mol. The summed E-state index contributed by atoms with van der Waals surface area (Å²) in [5.74, 6) is -1.86. The highest BCUT2D eigenvalue weighted by molar-refractivity contribution is 5.96. The van der Waals surface area contributed by atoms with E-state index in [1.54, 1.807) is 6.92 Å². The molecule has 1 aromatic carbocycles. The van der Waals surface area contributed by atoms with Crippen LogP contribution in [0.3, 0.4) is 0 Å². The maximum Gasteiger partial charge on any atom is 0.406 e. The summed E-state index contributed by atoms with van der Waals surface area (Å²) in [6, 6.07) is 2.97. The topological polar surface area (TPSA) is 49.4 Å². The number of alkyl halides is 3. The molecule has 1 atom stereocenters. The van der Waals surface area contributed by atoms with Crippen LogP contribution in [0, 0.1) is 12.7 Å². The molecule has 1 aliphatic rings. The van der Waals surface area contributed by atoms with Crippen molar-refractivity contribution in [3.63, 3.8) is 0 Å². The summed E-state index contributed by atoms with van der Waals surface area (Å²) in [4.78, 5) is 24.2. The first kappa shape index (κ1) is 16.3. The van der Waals surface area contributed by atoms with Gasteiger partial charge in [0.15, 0.2) is 0 Å². The van der Waals surface area contributed by atoms with E-state index in [-0.39, 0.29) is 18.5 Å². The van der Waals surface area contributed by atoms with Crippen LogP contribution in [-0.2, 0) is 4.79 Å². The highest BCUT2D eigenvalue weighted by Crippen LogP contribution is 2.21. The smallest absolute Gasteiger partial charge is 0.347 e. The summed E-state index contributed by atoms with van der Waals surface area (Å²) < 4.78 is 50.1. The molecule has 1 N–H and O–H groups in total. The van der Waals surface area contributed by atoms with Crippen LogP contribution in [0.2, 0.25) is 0 Å². The Bertz CT molecular complexity index is 601. The second kappa shape index (κ2) is 5.94. The number of carbonyl (C=O) groups excluding carboxylic acids is 2. The molecule has 4 nitrogen and oxygen atoms in total. The van der Waals surface area contributed by atoms with E-state index in [4.69, 9.17) is 0 Å². The van der Waals surface area contributed by atoms with Crippen LogP contribution in [0.25, 0.3) is 0 Å². The molecular weight excluding hydrogens is 304 g/mol. The van der Waals surface area contributed by atoms with Crippen molar-refractivity contribution >= 4 is 11.8 Å². The van der Waals surface area contributed by atoms with Gasteiger partial charge in [-0.05, 0) is 24.6 Å². The summed E-state index contributed by atoms with van der Waals surface area (Å²) in [6.07, 6.45) is -4.68. The van der Waals surface area contributed by atoms with Crippen molar-refractivity contribution < 1.29 is 27.2 Å². The van der Waals surface area contributed by atoms with Gasteiger partial charge in [0.05, 0.1) is 6.04 Å². The first-order valence-corrected chi connectivity index (χ1v) is 6.57. The van der Waals surface area contributed by atoms with E-state index in [1.165, 1.54) is 12.1 Å². The van der Waals surface area contributed by atoms with Gasteiger partial charge in [0.2, 0.25) is 5.91 Å². The van der Waals surface area contributed by atoms with E-state index in [0.29, 0.717) is 10.5 Å². The van der Waals surface area contributed by atoms with Gasteiger partial charge in [-0.2, -0.15) is 13.2 Å². The van der Waals surface area contributed by atoms with E-state index in [2.05, 4.69) is 5.32 Å². The number of likely N-dealkylation sites (tertiary alicyclic amines) is 1. The van der Waals surface area contributed by atoms with Gasteiger partial charge in [-0.1, -0.05) is 6.07 Å². The van der Waals surface area contributed by atoms with Crippen LogP contribution >= 0.6 is 0 Å². The second-order valence-corrected chi connectivity index (χ2v) is 5.22. The minimum atomic E-state index is -4.48. The Hall–Kier alpha value is -2.12. The molecule has 8 heteroatoms. The largest absolute Gasteiger partial charge is 0.406 e. The lowest BCUT2D eigenvalue weighted by Crippen LogP contribution is -2.40. The number of benzene rings is 1. The van der Waals surface area contributed by atoms with E-state index < -0.39 is 36.4 Å². The number of aryl methyl sites for hydroxylation is 1. The summed E-state index contributed by atoms with van der Waals surface area (Å²) in [5.41, 5.74) is 0.636. The van der Waals surface area contributed by atoms with Crippen LogP contribution in [0.15, 0.2) is 18.2 Å². The Labute approximate surface area is 124 Å². The Morgan fingerprint density at radius 2 is 2.09 bits per heavy atom. The van der Waals surface area contributed by atoms with Crippen LogP contribution in [0.1, 0.15) is 22.3 Å². The van der Waals surface area contributed by atoms with Crippen molar-refractivity contribution in [2.24, 2.45) is 0 Å². The van der Waals surface area contributed by atoms with Gasteiger partial charge in [-0.3, -0.25) is 9.59 Å². The Kier molecular flexibility index (Phi) is 4.39. The second-order valence-electron chi connectivity index (χ2n) is 5.22. The number of rotatable bonds is 3. The summed E-state index contributed by atoms with van der Waals surface area (Å²) in [5, 5.41) is 2.47. The zero-order chi connectivity index (χ0) is 16.5. The number of nitrogens with one attached hydrogen (secondary N) is 1. The van der Waals surface area contributed by atoms with Gasteiger partial charge in [-0.15, -0.1) is 0 Å². The Balaban J connectivity index is 2.01. The van der Waals surface area contributed by atoms with Crippen molar-refractivity contribution in [2.45, 2.75) is 25.6 Å². The van der Waals surface area contributed by atoms with Crippen LogP contribution < -0.4 is 5.32 Å². The Morgan fingerprint density at radius 3 is 2.73 bits per heavy atom. The van der Waals surface area contributed by atoms with E-state index in [0.717, 1.165) is 6.07 Å². The third kappa shape index (κ3) is 3.96. The van der Waals surface area contributed by atoms with Gasteiger partial charge in [0.1, 0.15) is 12.4 Å². The lowest BCUT2D eigenvalue weighted by Gasteiger charge is -2.18. The fourth-order valence-corrected chi connectivity index (χ4v) is 2.34. The molecule has 1 unspecified atom stereocenters. The van der Waals surface area contributed by atoms with Crippen LogP contribution in [0.4, 0.5) is 17.6 Å². The highest BCUT2D eigenvalue weighted by Gasteiger charge is 2.38. The SMILES string of the molecule is Cc1ccc(F)cc1C(=O)NC1CC(=O)N(CC(F)(F)F)C1. The molecule has 22 heavy (non-hydrogen) atoms. The molecular formula is C14H14F4N2O2. The predicted octanol–water partition coefficient (Wildman–Crippen LogP) is 2.03. The van der Waals surface area contributed by atoms with Crippen molar-refractivity contribution in [3.05, 3.63) is 35.1 Å². The molecule has 0 spiro atoms. The number of amides is 2. The number of carbonyl (C=O) groups is 2. The predicted molar refractivity (Wildman–Crippen MR) is 69.6 cm³/mol. The molecule has 1 fully saturated rings. The van der Waals surface area contributed by atoms with Crippen molar-refractivity contribution in [2.75, 3.05) is 13.1 Å². The normalized spacial score (nSPS) is 18.7. The number of hydrogen-bond donors (Lipinski definition) is 1. The summed E-state index contributed by atoms with van der Waals surface area (Å²) in [6.45, 7) is 0.0692. The first-order valence-electron chi connectivity index (χ1n) is 6.57. The third-order valence-corrected chi connectivity index (χ3v) is 3.36. The van der Waals surface area contributed by atoms with E-state index in [1.807, 2.05) is 0 Å². The standard InChI is InChI=1S/C14H14F4N2O2/c1-8-2-3-9(15)4-11(8)13(22)19-10-5-12(21)20(6-10)7-14(16,17)18/h2-4,10H,5-7H2,1H3,(H,19,22). The zero-order valence-corrected chi connectivity index (χ0v) is 11.7. The van der Waals surface area contributed by atoms with Crippen molar-refractivity contribution in [3.8, 4) is 0 Å². The number of hydrogen-bond acceptors (Lipinski definition) is 2. The molecule has 1 aliphatic heterocycles. The van der Waals surface area contributed by atoms with Crippen LogP contribution in [-0.4, -0.2) is 42.0 Å². The minimum absolute atomic E-state index is 0.0988. The first-order chi connectivity index (χ1) is 10.2. The van der Waals surface area contributed by atoms with Gasteiger partial charge in [0.25, 0.3) is 5.91 Å². The van der Waals surface area contributed by atoms with Gasteiger partial charge in [-0.25, -0.2) is 4.39 Å². The molecule has 0 bridgehead atoms. The molecule has 120 valence electrons. The Morgan fingerprint density at radius 1 is 1.41 bits per heavy atom. The molecule has 0 radical (unpaired) electrons. The summed E-state index contributed by atoms with van der Waals surface area (Å²) >= 11 is 0. The molecule has 1 heterocycles. The quantitative estimate of drug-likeness (QED) is 0.867.